The third-order valence-electron chi connectivity index (χ3n) is 4.32. The first-order valence-electron chi connectivity index (χ1n) is 8.08. The van der Waals surface area contributed by atoms with Gasteiger partial charge < -0.3 is 9.47 Å². The van der Waals surface area contributed by atoms with Gasteiger partial charge in [0.25, 0.3) is 0 Å². The first-order valence-corrected chi connectivity index (χ1v) is 8.08. The van der Waals surface area contributed by atoms with E-state index in [1.165, 1.54) is 0 Å². The number of carbonyl (C=O) groups is 1. The van der Waals surface area contributed by atoms with Crippen LogP contribution in [-0.2, 0) is 15.1 Å². The second-order valence-corrected chi connectivity index (χ2v) is 6.66. The molecule has 0 radical (unpaired) electrons. The molecule has 0 spiro atoms. The second-order valence-electron chi connectivity index (χ2n) is 6.66. The molecule has 14 heteroatoms. The molecule has 0 aromatic heterocycles. The molecule has 1 rings (SSSR count). The number of rotatable bonds is 8. The quantitative estimate of drug-likeness (QED) is 0.264. The molecule has 31 heavy (non-hydrogen) atoms. The van der Waals surface area contributed by atoms with Crippen molar-refractivity contribution >= 4 is 5.97 Å². The summed E-state index contributed by atoms with van der Waals surface area (Å²) in [6.07, 6.45) is -9.67. The smallest absolute Gasteiger partial charge is 0.427 e. The molecule has 0 amide bonds. The minimum atomic E-state index is -7.50. The Hall–Kier alpha value is -2.12. The van der Waals surface area contributed by atoms with Crippen LogP contribution in [0.3, 0.4) is 0 Å². The lowest BCUT2D eigenvalue weighted by atomic mass is 9.84. The predicted molar refractivity (Wildman–Crippen MR) is 82.6 cm³/mol. The fourth-order valence-electron chi connectivity index (χ4n) is 2.49. The lowest BCUT2D eigenvalue weighted by Crippen LogP contribution is -2.67. The number of benzene rings is 1. The molecule has 0 saturated carbocycles. The van der Waals surface area contributed by atoms with Crippen molar-refractivity contribution in [2.75, 3.05) is 7.11 Å². The first-order chi connectivity index (χ1) is 13.7. The molecule has 0 aliphatic carbocycles. The lowest BCUT2D eigenvalue weighted by molar-refractivity contribution is -0.424. The van der Waals surface area contributed by atoms with Crippen molar-refractivity contribution in [1.29, 1.82) is 0 Å². The standard InChI is InChI=1S/C17H15F11O3/c1-9(29)31-11-6-4-5-10(7-11)12(2,30-3)8-13(18,19)14(20,21)15(22,23)16(24,25)17(26,27)28/h4-7H,8H2,1-3H3. The van der Waals surface area contributed by atoms with Gasteiger partial charge in [0.05, 0.1) is 12.0 Å². The number of halogens is 11. The van der Waals surface area contributed by atoms with Crippen LogP contribution in [-0.4, -0.2) is 42.9 Å². The van der Waals surface area contributed by atoms with Crippen LogP contribution < -0.4 is 4.74 Å². The zero-order valence-corrected chi connectivity index (χ0v) is 15.9. The number of alkyl halides is 11. The van der Waals surface area contributed by atoms with Crippen molar-refractivity contribution < 1.29 is 62.6 Å². The average molecular weight is 476 g/mol. The van der Waals surface area contributed by atoms with Crippen molar-refractivity contribution in [1.82, 2.24) is 0 Å². The van der Waals surface area contributed by atoms with Crippen LogP contribution in [0.5, 0.6) is 5.75 Å². The maximum Gasteiger partial charge on any atom is 0.460 e. The van der Waals surface area contributed by atoms with Crippen LogP contribution in [0.4, 0.5) is 48.3 Å². The van der Waals surface area contributed by atoms with Crippen LogP contribution in [0.15, 0.2) is 24.3 Å². The van der Waals surface area contributed by atoms with Gasteiger partial charge in [0.15, 0.2) is 0 Å². The van der Waals surface area contributed by atoms with Crippen LogP contribution >= 0.6 is 0 Å². The highest BCUT2D eigenvalue weighted by molar-refractivity contribution is 5.69. The predicted octanol–water partition coefficient (Wildman–Crippen LogP) is 5.97. The van der Waals surface area contributed by atoms with Crippen LogP contribution in [0.1, 0.15) is 25.8 Å². The van der Waals surface area contributed by atoms with E-state index in [1.807, 2.05) is 0 Å². The topological polar surface area (TPSA) is 35.5 Å². The van der Waals surface area contributed by atoms with Crippen molar-refractivity contribution in [2.45, 2.75) is 55.7 Å². The summed E-state index contributed by atoms with van der Waals surface area (Å²) in [6, 6.07) is 4.01. The molecule has 0 fully saturated rings. The first kappa shape index (κ1) is 26.9. The van der Waals surface area contributed by atoms with Crippen LogP contribution in [0, 0.1) is 0 Å². The maximum atomic E-state index is 14.2. The molecule has 0 N–H and O–H groups in total. The Labute approximate surface area is 168 Å². The summed E-state index contributed by atoms with van der Waals surface area (Å²) in [5.74, 6) is -29.4. The highest BCUT2D eigenvalue weighted by atomic mass is 19.4. The normalized spacial score (nSPS) is 16.1. The average Bonchev–Trinajstić information content (AvgIpc) is 2.59. The van der Waals surface area contributed by atoms with Gasteiger partial charge in [-0.3, -0.25) is 4.79 Å². The number of carbonyl (C=O) groups excluding carboxylic acids is 1. The van der Waals surface area contributed by atoms with E-state index >= 15 is 0 Å². The monoisotopic (exact) mass is 476 g/mol. The number of methoxy groups -OCH3 is 1. The summed E-state index contributed by atoms with van der Waals surface area (Å²) in [7, 11) is 0.676. The third-order valence-corrected chi connectivity index (χ3v) is 4.32. The van der Waals surface area contributed by atoms with Crippen molar-refractivity contribution in [3.05, 3.63) is 29.8 Å². The maximum absolute atomic E-state index is 14.2. The summed E-state index contributed by atoms with van der Waals surface area (Å²) in [5, 5.41) is 0. The zero-order chi connectivity index (χ0) is 24.7. The van der Waals surface area contributed by atoms with Gasteiger partial charge in [-0.2, -0.15) is 48.3 Å². The largest absolute Gasteiger partial charge is 0.460 e. The van der Waals surface area contributed by atoms with E-state index in [0.29, 0.717) is 14.0 Å². The van der Waals surface area contributed by atoms with E-state index in [1.54, 1.807) is 0 Å². The van der Waals surface area contributed by atoms with Gasteiger partial charge >= 0.3 is 35.8 Å². The minimum Gasteiger partial charge on any atom is -0.427 e. The molecular formula is C17H15F11O3. The van der Waals surface area contributed by atoms with Gasteiger partial charge in [0, 0.05) is 14.0 Å². The van der Waals surface area contributed by atoms with Crippen LogP contribution in [0.25, 0.3) is 0 Å². The molecule has 0 saturated heterocycles. The van der Waals surface area contributed by atoms with Crippen molar-refractivity contribution in [3.63, 3.8) is 0 Å². The molecule has 178 valence electrons. The fourth-order valence-corrected chi connectivity index (χ4v) is 2.49. The minimum absolute atomic E-state index is 0.294. The third kappa shape index (κ3) is 4.72. The molecule has 1 aromatic rings. The molecule has 1 atom stereocenters. The Morgan fingerprint density at radius 3 is 1.81 bits per heavy atom. The Morgan fingerprint density at radius 1 is 0.871 bits per heavy atom. The van der Waals surface area contributed by atoms with E-state index < -0.39 is 53.4 Å². The Morgan fingerprint density at radius 2 is 1.39 bits per heavy atom. The van der Waals surface area contributed by atoms with Gasteiger partial charge in [-0.1, -0.05) is 12.1 Å². The molecule has 3 nitrogen and oxygen atoms in total. The SMILES string of the molecule is COC(C)(CC(F)(F)C(F)(F)C(F)(F)C(F)(F)C(F)(F)F)c1cccc(OC(C)=O)c1. The summed E-state index contributed by atoms with van der Waals surface area (Å²) < 4.78 is 155. The highest BCUT2D eigenvalue weighted by Crippen LogP contribution is 2.59. The van der Waals surface area contributed by atoms with Gasteiger partial charge in [-0.25, -0.2) is 0 Å². The summed E-state index contributed by atoms with van der Waals surface area (Å²) in [5.41, 5.74) is -3.05. The van der Waals surface area contributed by atoms with Gasteiger partial charge in [0.1, 0.15) is 5.75 Å². The van der Waals surface area contributed by atoms with Gasteiger partial charge in [-0.15, -0.1) is 0 Å². The van der Waals surface area contributed by atoms with Crippen molar-refractivity contribution in [2.24, 2.45) is 0 Å². The zero-order valence-electron chi connectivity index (χ0n) is 15.9. The van der Waals surface area contributed by atoms with Gasteiger partial charge in [0.2, 0.25) is 0 Å². The van der Waals surface area contributed by atoms with E-state index in [2.05, 4.69) is 9.47 Å². The Bertz CT molecular complexity index is 805. The summed E-state index contributed by atoms with van der Waals surface area (Å²) in [4.78, 5) is 11.0. The van der Waals surface area contributed by atoms with Crippen LogP contribution in [0.2, 0.25) is 0 Å². The number of esters is 1. The van der Waals surface area contributed by atoms with Gasteiger partial charge in [-0.05, 0) is 24.6 Å². The van der Waals surface area contributed by atoms with Crippen molar-refractivity contribution in [3.8, 4) is 5.75 Å². The Kier molecular flexibility index (Phi) is 7.03. The molecule has 0 aliphatic heterocycles. The van der Waals surface area contributed by atoms with E-state index in [-0.39, 0.29) is 5.75 Å². The molecule has 1 aromatic carbocycles. The molecular weight excluding hydrogens is 461 g/mol. The van der Waals surface area contributed by atoms with E-state index in [0.717, 1.165) is 31.2 Å². The second kappa shape index (κ2) is 8.10. The fraction of sp³-hybridized carbons (Fsp3) is 0.588. The highest BCUT2D eigenvalue weighted by Gasteiger charge is 2.87. The summed E-state index contributed by atoms with van der Waals surface area (Å²) in [6.45, 7) is 1.63. The summed E-state index contributed by atoms with van der Waals surface area (Å²) >= 11 is 0. The molecule has 1 unspecified atom stereocenters. The molecule has 0 bridgehead atoms. The molecule has 0 aliphatic rings. The number of ether oxygens (including phenoxy) is 2. The number of hydrogen-bond donors (Lipinski definition) is 0. The molecule has 0 heterocycles. The lowest BCUT2D eigenvalue weighted by Gasteiger charge is -2.40. The van der Waals surface area contributed by atoms with E-state index in [9.17, 15) is 53.1 Å². The Balaban J connectivity index is 3.44. The van der Waals surface area contributed by atoms with E-state index in [4.69, 9.17) is 0 Å². The number of hydrogen-bond acceptors (Lipinski definition) is 3.